The second kappa shape index (κ2) is 3.27. The molecule has 1 aromatic carbocycles. The van der Waals surface area contributed by atoms with Gasteiger partial charge in [-0.15, -0.1) is 0 Å². The maximum absolute atomic E-state index is 5.83. The van der Waals surface area contributed by atoms with Crippen LogP contribution in [0.2, 0.25) is 10.0 Å². The van der Waals surface area contributed by atoms with Gasteiger partial charge in [-0.3, -0.25) is 0 Å². The minimum Gasteiger partial charge on any atom is -0.0824 e. The van der Waals surface area contributed by atoms with E-state index in [1.54, 1.807) is 6.07 Å². The van der Waals surface area contributed by atoms with E-state index in [9.17, 15) is 0 Å². The van der Waals surface area contributed by atoms with E-state index in [4.69, 9.17) is 23.2 Å². The lowest BCUT2D eigenvalue weighted by Crippen LogP contribution is -1.81. The quantitative estimate of drug-likeness (QED) is 0.612. The molecule has 10 heavy (non-hydrogen) atoms. The number of hydrogen-bond acceptors (Lipinski definition) is 0. The molecule has 1 radical (unpaired) electrons. The van der Waals surface area contributed by atoms with Gasteiger partial charge in [0.05, 0.1) is 10.0 Å². The monoisotopic (exact) mass is 173 g/mol. The minimum atomic E-state index is 0.515. The Morgan fingerprint density at radius 2 is 2.20 bits per heavy atom. The molecular weight excluding hydrogens is 167 g/mol. The van der Waals surface area contributed by atoms with Crippen molar-refractivity contribution >= 4 is 23.2 Å². The number of aryl methyl sites for hydroxylation is 1. The van der Waals surface area contributed by atoms with Gasteiger partial charge in [0, 0.05) is 6.07 Å². The average molecular weight is 174 g/mol. The largest absolute Gasteiger partial charge is 0.0824 e. The Kier molecular flexibility index (Phi) is 2.58. The third kappa shape index (κ3) is 1.44. The third-order valence-electron chi connectivity index (χ3n) is 1.35. The van der Waals surface area contributed by atoms with Crippen molar-refractivity contribution in [3.8, 4) is 0 Å². The summed E-state index contributed by atoms with van der Waals surface area (Å²) in [6.45, 7) is 2.04. The highest BCUT2D eigenvalue weighted by molar-refractivity contribution is 6.42. The van der Waals surface area contributed by atoms with E-state index in [1.165, 1.54) is 0 Å². The van der Waals surface area contributed by atoms with Crippen LogP contribution in [0.25, 0.3) is 0 Å². The Labute approximate surface area is 70.8 Å². The van der Waals surface area contributed by atoms with Gasteiger partial charge in [-0.25, -0.2) is 0 Å². The molecule has 0 aliphatic rings. The van der Waals surface area contributed by atoms with E-state index in [0.717, 1.165) is 12.0 Å². The van der Waals surface area contributed by atoms with Crippen LogP contribution >= 0.6 is 23.2 Å². The molecule has 2 heteroatoms. The number of halogens is 2. The van der Waals surface area contributed by atoms with E-state index < -0.39 is 0 Å². The molecule has 0 amide bonds. The highest BCUT2D eigenvalue weighted by Gasteiger charge is 2.00. The van der Waals surface area contributed by atoms with Gasteiger partial charge in [-0.05, 0) is 12.0 Å². The van der Waals surface area contributed by atoms with Crippen LogP contribution in [-0.4, -0.2) is 0 Å². The molecule has 0 unspecified atom stereocenters. The van der Waals surface area contributed by atoms with Crippen LogP contribution in [-0.2, 0) is 6.42 Å². The molecule has 0 bridgehead atoms. The molecule has 0 spiro atoms. The zero-order valence-electron chi connectivity index (χ0n) is 5.62. The zero-order chi connectivity index (χ0) is 7.56. The van der Waals surface area contributed by atoms with Crippen molar-refractivity contribution in [1.29, 1.82) is 0 Å². The van der Waals surface area contributed by atoms with Gasteiger partial charge in [0.25, 0.3) is 0 Å². The van der Waals surface area contributed by atoms with Crippen molar-refractivity contribution in [2.45, 2.75) is 13.3 Å². The highest BCUT2D eigenvalue weighted by atomic mass is 35.5. The number of benzene rings is 1. The maximum atomic E-state index is 5.83. The van der Waals surface area contributed by atoms with Crippen molar-refractivity contribution in [1.82, 2.24) is 0 Å². The van der Waals surface area contributed by atoms with Gasteiger partial charge in [0.2, 0.25) is 0 Å². The molecule has 0 nitrogen and oxygen atoms in total. The van der Waals surface area contributed by atoms with Crippen LogP contribution in [0.4, 0.5) is 0 Å². The molecule has 0 aliphatic heterocycles. The van der Waals surface area contributed by atoms with Gasteiger partial charge in [-0.2, -0.15) is 0 Å². The molecule has 0 aliphatic carbocycles. The Bertz CT molecular complexity index is 231. The fourth-order valence-corrected chi connectivity index (χ4v) is 1.20. The summed E-state index contributed by atoms with van der Waals surface area (Å²) in [5, 5.41) is 1.15. The average Bonchev–Trinajstić information content (AvgIpc) is 1.95. The molecule has 0 fully saturated rings. The Balaban J connectivity index is 3.14. The van der Waals surface area contributed by atoms with E-state index in [2.05, 4.69) is 6.07 Å². The molecule has 0 saturated carbocycles. The van der Waals surface area contributed by atoms with Gasteiger partial charge >= 0.3 is 0 Å². The molecule has 1 rings (SSSR count). The molecule has 53 valence electrons. The first-order valence-electron chi connectivity index (χ1n) is 3.10. The molecule has 0 heterocycles. The van der Waals surface area contributed by atoms with Gasteiger partial charge in [-0.1, -0.05) is 42.3 Å². The summed E-state index contributed by atoms with van der Waals surface area (Å²) >= 11 is 11.5. The lowest BCUT2D eigenvalue weighted by atomic mass is 10.2. The van der Waals surface area contributed by atoms with Crippen LogP contribution in [0.3, 0.4) is 0 Å². The first-order chi connectivity index (χ1) is 4.75. The fourth-order valence-electron chi connectivity index (χ4n) is 0.766. The number of rotatable bonds is 1. The number of hydrogen-bond donors (Lipinski definition) is 0. The summed E-state index contributed by atoms with van der Waals surface area (Å²) in [7, 11) is 0. The molecule has 0 N–H and O–H groups in total. The predicted octanol–water partition coefficient (Wildman–Crippen LogP) is 3.36. The Hall–Kier alpha value is -0.200. The molecule has 1 aromatic rings. The molecule has 0 atom stereocenters. The summed E-state index contributed by atoms with van der Waals surface area (Å²) in [5.74, 6) is 0. The van der Waals surface area contributed by atoms with Crippen molar-refractivity contribution in [3.63, 3.8) is 0 Å². The lowest BCUT2D eigenvalue weighted by Gasteiger charge is -1.99. The summed E-state index contributed by atoms with van der Waals surface area (Å²) in [6, 6.07) is 6.52. The molecular formula is C8H7Cl2. The normalized spacial score (nSPS) is 9.90. The van der Waals surface area contributed by atoms with Crippen molar-refractivity contribution in [3.05, 3.63) is 33.8 Å². The summed E-state index contributed by atoms with van der Waals surface area (Å²) in [5.41, 5.74) is 1.07. The van der Waals surface area contributed by atoms with E-state index in [1.807, 2.05) is 13.0 Å². The summed E-state index contributed by atoms with van der Waals surface area (Å²) in [4.78, 5) is 0. The van der Waals surface area contributed by atoms with Crippen LogP contribution in [0.15, 0.2) is 12.1 Å². The van der Waals surface area contributed by atoms with E-state index >= 15 is 0 Å². The smallest absolute Gasteiger partial charge is 0.0674 e. The Morgan fingerprint density at radius 3 is 2.70 bits per heavy atom. The van der Waals surface area contributed by atoms with Gasteiger partial charge in [0.15, 0.2) is 0 Å². The zero-order valence-corrected chi connectivity index (χ0v) is 7.13. The second-order valence-corrected chi connectivity index (χ2v) is 2.74. The second-order valence-electron chi connectivity index (χ2n) is 1.98. The SMILES string of the molecule is CCc1cc[c]c(Cl)c1Cl. The van der Waals surface area contributed by atoms with Crippen LogP contribution in [0.5, 0.6) is 0 Å². The van der Waals surface area contributed by atoms with E-state index in [-0.39, 0.29) is 0 Å². The topological polar surface area (TPSA) is 0 Å². The molecule has 0 aromatic heterocycles. The predicted molar refractivity (Wildman–Crippen MR) is 44.7 cm³/mol. The van der Waals surface area contributed by atoms with Crippen LogP contribution in [0, 0.1) is 6.07 Å². The molecule has 0 saturated heterocycles. The Morgan fingerprint density at radius 1 is 1.50 bits per heavy atom. The van der Waals surface area contributed by atoms with Crippen molar-refractivity contribution in [2.75, 3.05) is 0 Å². The highest BCUT2D eigenvalue weighted by Crippen LogP contribution is 2.24. The van der Waals surface area contributed by atoms with Crippen LogP contribution in [0.1, 0.15) is 12.5 Å². The van der Waals surface area contributed by atoms with Gasteiger partial charge < -0.3 is 0 Å². The summed E-state index contributed by atoms with van der Waals surface area (Å²) in [6.07, 6.45) is 0.910. The first kappa shape index (κ1) is 7.90. The fraction of sp³-hybridized carbons (Fsp3) is 0.250. The maximum Gasteiger partial charge on any atom is 0.0674 e. The third-order valence-corrected chi connectivity index (χ3v) is 2.18. The van der Waals surface area contributed by atoms with Crippen LogP contribution < -0.4 is 0 Å². The standard InChI is InChI=1S/C8H7Cl2/c1-2-6-4-3-5-7(9)8(6)10/h3-4H,2H2,1H3. The lowest BCUT2D eigenvalue weighted by molar-refractivity contribution is 1.14. The van der Waals surface area contributed by atoms with Crippen molar-refractivity contribution < 1.29 is 0 Å². The summed E-state index contributed by atoms with van der Waals surface area (Å²) < 4.78 is 0. The first-order valence-corrected chi connectivity index (χ1v) is 3.86. The minimum absolute atomic E-state index is 0.515. The van der Waals surface area contributed by atoms with E-state index in [0.29, 0.717) is 10.0 Å². The van der Waals surface area contributed by atoms with Crippen molar-refractivity contribution in [2.24, 2.45) is 0 Å². The van der Waals surface area contributed by atoms with Gasteiger partial charge in [0.1, 0.15) is 0 Å².